The van der Waals surface area contributed by atoms with E-state index in [4.69, 9.17) is 9.72 Å². The van der Waals surface area contributed by atoms with Crippen LogP contribution in [0.15, 0.2) is 89.8 Å². The minimum absolute atomic E-state index is 0.0840. The Morgan fingerprint density at radius 3 is 2.46 bits per heavy atom. The summed E-state index contributed by atoms with van der Waals surface area (Å²) >= 11 is 0. The molecular formula is C27H25N3O4S. The molecule has 1 aliphatic heterocycles. The van der Waals surface area contributed by atoms with Gasteiger partial charge in [0.15, 0.2) is 0 Å². The lowest BCUT2D eigenvalue weighted by Gasteiger charge is -2.13. The molecule has 178 valence electrons. The van der Waals surface area contributed by atoms with E-state index in [0.717, 1.165) is 29.3 Å². The number of aromatic nitrogens is 1. The highest BCUT2D eigenvalue weighted by molar-refractivity contribution is 7.89. The van der Waals surface area contributed by atoms with Crippen LogP contribution in [0.3, 0.4) is 0 Å². The minimum atomic E-state index is -3.66. The predicted octanol–water partition coefficient (Wildman–Crippen LogP) is 4.61. The van der Waals surface area contributed by atoms with Crippen LogP contribution in [0.1, 0.15) is 23.2 Å². The summed E-state index contributed by atoms with van der Waals surface area (Å²) in [6, 6.07) is 25.1. The lowest BCUT2D eigenvalue weighted by Crippen LogP contribution is -2.31. The number of anilines is 1. The highest BCUT2D eigenvalue weighted by Crippen LogP contribution is 2.26. The van der Waals surface area contributed by atoms with Crippen LogP contribution in [0.4, 0.5) is 5.69 Å². The van der Waals surface area contributed by atoms with Gasteiger partial charge in [-0.3, -0.25) is 4.79 Å². The molecule has 0 aliphatic carbocycles. The van der Waals surface area contributed by atoms with Gasteiger partial charge in [-0.05, 0) is 49.2 Å². The average Bonchev–Trinajstić information content (AvgIpc) is 3.42. The molecule has 1 fully saturated rings. The second-order valence-electron chi connectivity index (χ2n) is 8.40. The van der Waals surface area contributed by atoms with Crippen molar-refractivity contribution in [2.24, 2.45) is 0 Å². The van der Waals surface area contributed by atoms with Gasteiger partial charge in [0.25, 0.3) is 5.91 Å². The molecule has 7 nitrogen and oxygen atoms in total. The summed E-state index contributed by atoms with van der Waals surface area (Å²) in [4.78, 5) is 18.1. The smallest absolute Gasteiger partial charge is 0.256 e. The summed E-state index contributed by atoms with van der Waals surface area (Å²) < 4.78 is 33.3. The molecule has 4 aromatic rings. The maximum absolute atomic E-state index is 13.3. The lowest BCUT2D eigenvalue weighted by molar-refractivity contribution is 0.102. The molecule has 5 rings (SSSR count). The zero-order chi connectivity index (χ0) is 24.3. The fourth-order valence-corrected chi connectivity index (χ4v) is 5.19. The van der Waals surface area contributed by atoms with Crippen LogP contribution < -0.4 is 10.0 Å². The molecule has 0 spiro atoms. The first-order chi connectivity index (χ1) is 17.0. The number of amides is 1. The SMILES string of the molecule is O=C(Nc1ccc(S(=O)(=O)NC[C@@H]2CCCO2)cc1)c1cc(-c2ccccc2)nc2ccccc12. The Balaban J connectivity index is 1.36. The molecule has 1 aromatic heterocycles. The Kier molecular flexibility index (Phi) is 6.59. The van der Waals surface area contributed by atoms with Gasteiger partial charge in [0.1, 0.15) is 0 Å². The number of carbonyl (C=O) groups is 1. The number of pyridine rings is 1. The Bertz CT molecular complexity index is 1450. The number of carbonyl (C=O) groups excluding carboxylic acids is 1. The third-order valence-corrected chi connectivity index (χ3v) is 7.42. The highest BCUT2D eigenvalue weighted by Gasteiger charge is 2.20. The number of nitrogens with one attached hydrogen (secondary N) is 2. The van der Waals surface area contributed by atoms with Crippen molar-refractivity contribution in [1.29, 1.82) is 0 Å². The Hall–Kier alpha value is -3.59. The second kappa shape index (κ2) is 9.95. The van der Waals surface area contributed by atoms with Crippen molar-refractivity contribution in [2.75, 3.05) is 18.5 Å². The summed E-state index contributed by atoms with van der Waals surface area (Å²) in [7, 11) is -3.66. The largest absolute Gasteiger partial charge is 0.377 e. The first-order valence-electron chi connectivity index (χ1n) is 11.5. The maximum atomic E-state index is 13.3. The molecule has 0 bridgehead atoms. The third-order valence-electron chi connectivity index (χ3n) is 5.98. The fourth-order valence-electron chi connectivity index (χ4n) is 4.13. The number of benzene rings is 3. The number of fused-ring (bicyclic) bond motifs is 1. The number of para-hydroxylation sites is 1. The van der Waals surface area contributed by atoms with Crippen molar-refractivity contribution in [3.63, 3.8) is 0 Å². The molecule has 1 saturated heterocycles. The van der Waals surface area contributed by atoms with Gasteiger partial charge in [0, 0.05) is 29.8 Å². The first kappa shape index (κ1) is 23.2. The second-order valence-corrected chi connectivity index (χ2v) is 10.2. The summed E-state index contributed by atoms with van der Waals surface area (Å²) in [5, 5.41) is 3.62. The van der Waals surface area contributed by atoms with E-state index in [0.29, 0.717) is 23.6 Å². The fraction of sp³-hybridized carbons (Fsp3) is 0.185. The molecule has 1 atom stereocenters. The van der Waals surface area contributed by atoms with Crippen LogP contribution in [0.2, 0.25) is 0 Å². The number of ether oxygens (including phenoxy) is 1. The highest BCUT2D eigenvalue weighted by atomic mass is 32.2. The first-order valence-corrected chi connectivity index (χ1v) is 13.0. The molecule has 3 aromatic carbocycles. The van der Waals surface area contributed by atoms with E-state index in [-0.39, 0.29) is 23.5 Å². The van der Waals surface area contributed by atoms with Crippen molar-refractivity contribution >= 4 is 32.5 Å². The van der Waals surface area contributed by atoms with Crippen molar-refractivity contribution in [2.45, 2.75) is 23.8 Å². The predicted molar refractivity (Wildman–Crippen MR) is 136 cm³/mol. The Labute approximate surface area is 204 Å². The number of rotatable bonds is 7. The summed E-state index contributed by atoms with van der Waals surface area (Å²) in [6.07, 6.45) is 1.71. The zero-order valence-corrected chi connectivity index (χ0v) is 19.8. The van der Waals surface area contributed by atoms with E-state index < -0.39 is 10.0 Å². The maximum Gasteiger partial charge on any atom is 0.256 e. The van der Waals surface area contributed by atoms with Crippen LogP contribution in [0.25, 0.3) is 22.2 Å². The number of hydrogen-bond donors (Lipinski definition) is 2. The van der Waals surface area contributed by atoms with E-state index in [1.54, 1.807) is 18.2 Å². The van der Waals surface area contributed by atoms with Gasteiger partial charge in [0.05, 0.1) is 27.8 Å². The molecule has 2 N–H and O–H groups in total. The van der Waals surface area contributed by atoms with Crippen molar-refractivity contribution < 1.29 is 17.9 Å². The molecule has 0 radical (unpaired) electrons. The molecule has 0 saturated carbocycles. The van der Waals surface area contributed by atoms with Gasteiger partial charge in [-0.1, -0.05) is 48.5 Å². The van der Waals surface area contributed by atoms with Crippen molar-refractivity contribution in [3.8, 4) is 11.3 Å². The zero-order valence-electron chi connectivity index (χ0n) is 19.0. The molecule has 2 heterocycles. The van der Waals surface area contributed by atoms with Gasteiger partial charge in [-0.25, -0.2) is 18.1 Å². The third kappa shape index (κ3) is 5.24. The number of nitrogens with zero attached hydrogens (tertiary/aromatic N) is 1. The van der Waals surface area contributed by atoms with Crippen LogP contribution in [0.5, 0.6) is 0 Å². The standard InChI is InChI=1S/C27H25N3O4S/c31-27(24-17-26(19-7-2-1-3-8-19)30-25-11-5-4-10-23(24)25)29-20-12-14-22(15-13-20)35(32,33)28-18-21-9-6-16-34-21/h1-5,7-8,10-15,17,21,28H,6,9,16,18H2,(H,29,31)/t21-/m0/s1. The van der Waals surface area contributed by atoms with Crippen LogP contribution >= 0.6 is 0 Å². The lowest BCUT2D eigenvalue weighted by atomic mass is 10.0. The molecule has 1 amide bonds. The topological polar surface area (TPSA) is 97.4 Å². The van der Waals surface area contributed by atoms with Crippen LogP contribution in [-0.4, -0.2) is 38.6 Å². The molecule has 1 aliphatic rings. The monoisotopic (exact) mass is 487 g/mol. The van der Waals surface area contributed by atoms with Gasteiger partial charge in [-0.2, -0.15) is 0 Å². The van der Waals surface area contributed by atoms with Crippen molar-refractivity contribution in [1.82, 2.24) is 9.71 Å². The van der Waals surface area contributed by atoms with Crippen LogP contribution in [0, 0.1) is 0 Å². The number of sulfonamides is 1. The Morgan fingerprint density at radius 2 is 1.71 bits per heavy atom. The van der Waals surface area contributed by atoms with E-state index in [9.17, 15) is 13.2 Å². The molecule has 0 unspecified atom stereocenters. The van der Waals surface area contributed by atoms with Gasteiger partial charge in [-0.15, -0.1) is 0 Å². The quantitative estimate of drug-likeness (QED) is 0.397. The van der Waals surface area contributed by atoms with Gasteiger partial charge < -0.3 is 10.1 Å². The normalized spacial score (nSPS) is 15.8. The summed E-state index contributed by atoms with van der Waals surface area (Å²) in [5.74, 6) is -0.298. The van der Waals surface area contributed by atoms with E-state index in [2.05, 4.69) is 10.0 Å². The van der Waals surface area contributed by atoms with Crippen LogP contribution in [-0.2, 0) is 14.8 Å². The molecule has 35 heavy (non-hydrogen) atoms. The summed E-state index contributed by atoms with van der Waals surface area (Å²) in [6.45, 7) is 0.917. The van der Waals surface area contributed by atoms with Gasteiger partial charge in [0.2, 0.25) is 10.0 Å². The van der Waals surface area contributed by atoms with E-state index in [1.165, 1.54) is 12.1 Å². The van der Waals surface area contributed by atoms with Gasteiger partial charge >= 0.3 is 0 Å². The Morgan fingerprint density at radius 1 is 0.971 bits per heavy atom. The average molecular weight is 488 g/mol. The van der Waals surface area contributed by atoms with Crippen molar-refractivity contribution in [3.05, 3.63) is 90.5 Å². The minimum Gasteiger partial charge on any atom is -0.377 e. The summed E-state index contributed by atoms with van der Waals surface area (Å²) in [5.41, 5.74) is 3.32. The molecule has 8 heteroatoms. The van der Waals surface area contributed by atoms with E-state index in [1.807, 2.05) is 54.6 Å². The number of hydrogen-bond acceptors (Lipinski definition) is 5. The van der Waals surface area contributed by atoms with E-state index >= 15 is 0 Å². The molecular weight excluding hydrogens is 462 g/mol.